The van der Waals surface area contributed by atoms with Crippen LogP contribution in [0.1, 0.15) is 11.7 Å². The Morgan fingerprint density at radius 1 is 1.13 bits per heavy atom. The number of anilines is 1. The summed E-state index contributed by atoms with van der Waals surface area (Å²) in [6.45, 7) is 0.223. The van der Waals surface area contributed by atoms with E-state index in [1.54, 1.807) is 37.4 Å². The number of ether oxygens (including phenoxy) is 2. The van der Waals surface area contributed by atoms with E-state index in [4.69, 9.17) is 21.1 Å². The predicted molar refractivity (Wildman–Crippen MR) is 88.7 cm³/mol. The zero-order chi connectivity index (χ0) is 16.6. The molecular weight excluding hydrogens is 338 g/mol. The van der Waals surface area contributed by atoms with E-state index < -0.39 is 10.0 Å². The second kappa shape index (κ2) is 6.03. The molecule has 0 saturated heterocycles. The predicted octanol–water partition coefficient (Wildman–Crippen LogP) is 3.25. The molecule has 0 saturated carbocycles. The molecule has 1 aliphatic heterocycles. The van der Waals surface area contributed by atoms with E-state index in [2.05, 4.69) is 0 Å². The monoisotopic (exact) mass is 353 g/mol. The van der Waals surface area contributed by atoms with Crippen molar-refractivity contribution in [2.45, 2.75) is 11.0 Å². The molecule has 1 unspecified atom stereocenters. The Kier molecular flexibility index (Phi) is 4.23. The van der Waals surface area contributed by atoms with Crippen LogP contribution in [0.2, 0.25) is 5.02 Å². The topological polar surface area (TPSA) is 55.8 Å². The van der Waals surface area contributed by atoms with Gasteiger partial charge in [-0.2, -0.15) is 0 Å². The Morgan fingerprint density at radius 3 is 2.43 bits per heavy atom. The van der Waals surface area contributed by atoms with Crippen LogP contribution in [-0.2, 0) is 14.8 Å². The van der Waals surface area contributed by atoms with Gasteiger partial charge >= 0.3 is 0 Å². The van der Waals surface area contributed by atoms with Crippen LogP contribution in [0.25, 0.3) is 0 Å². The van der Waals surface area contributed by atoms with E-state index in [0.29, 0.717) is 16.5 Å². The summed E-state index contributed by atoms with van der Waals surface area (Å²) in [6.07, 6.45) is -0.336. The van der Waals surface area contributed by atoms with Gasteiger partial charge in [0.25, 0.3) is 10.0 Å². The summed E-state index contributed by atoms with van der Waals surface area (Å²) in [4.78, 5) is 0.205. The zero-order valence-electron chi connectivity index (χ0n) is 12.7. The molecule has 0 fully saturated rings. The highest BCUT2D eigenvalue weighted by molar-refractivity contribution is 7.92. The third kappa shape index (κ3) is 2.78. The molecule has 0 spiro atoms. The van der Waals surface area contributed by atoms with Crippen molar-refractivity contribution in [1.29, 1.82) is 0 Å². The molecule has 2 aromatic rings. The number of methoxy groups -OCH3 is 2. The second-order valence-corrected chi connectivity index (χ2v) is 7.44. The van der Waals surface area contributed by atoms with Gasteiger partial charge in [0, 0.05) is 17.7 Å². The van der Waals surface area contributed by atoms with Gasteiger partial charge in [-0.15, -0.1) is 0 Å². The Labute approximate surface area is 140 Å². The fraction of sp³-hybridized carbons (Fsp3) is 0.250. The summed E-state index contributed by atoms with van der Waals surface area (Å²) in [5.74, 6) is 0.604. The standard InChI is InChI=1S/C16H16ClNO4S/c1-21-12-4-6-13(7-5-12)23(19,20)18-10-16(22-2)14-9-11(17)3-8-15(14)18/h3-9,16H,10H2,1-2H3. The average molecular weight is 354 g/mol. The minimum Gasteiger partial charge on any atom is -0.497 e. The molecule has 0 aromatic heterocycles. The maximum atomic E-state index is 12.9. The first-order valence-electron chi connectivity index (χ1n) is 6.96. The fourth-order valence-corrected chi connectivity index (χ4v) is 4.33. The van der Waals surface area contributed by atoms with Crippen LogP contribution in [-0.4, -0.2) is 29.2 Å². The summed E-state index contributed by atoms with van der Waals surface area (Å²) < 4.78 is 37.7. The number of hydrogen-bond acceptors (Lipinski definition) is 4. The lowest BCUT2D eigenvalue weighted by atomic mass is 10.1. The van der Waals surface area contributed by atoms with Crippen molar-refractivity contribution < 1.29 is 17.9 Å². The number of rotatable bonds is 4. The molecular formula is C16H16ClNO4S. The summed E-state index contributed by atoms with van der Waals surface area (Å²) in [7, 11) is -0.589. The van der Waals surface area contributed by atoms with E-state index in [1.165, 1.54) is 23.5 Å². The molecule has 23 heavy (non-hydrogen) atoms. The molecule has 7 heteroatoms. The number of fused-ring (bicyclic) bond motifs is 1. The summed E-state index contributed by atoms with van der Waals surface area (Å²) in [6, 6.07) is 11.4. The Bertz CT molecular complexity index is 820. The third-order valence-electron chi connectivity index (χ3n) is 3.87. The molecule has 5 nitrogen and oxygen atoms in total. The van der Waals surface area contributed by atoms with Gasteiger partial charge in [-0.3, -0.25) is 4.31 Å². The van der Waals surface area contributed by atoms with Crippen LogP contribution in [0.5, 0.6) is 5.75 Å². The van der Waals surface area contributed by atoms with Crippen molar-refractivity contribution in [2.24, 2.45) is 0 Å². The number of nitrogens with zero attached hydrogens (tertiary/aromatic N) is 1. The smallest absolute Gasteiger partial charge is 0.264 e. The highest BCUT2D eigenvalue weighted by atomic mass is 35.5. The Morgan fingerprint density at radius 2 is 1.83 bits per heavy atom. The van der Waals surface area contributed by atoms with Gasteiger partial charge in [-0.05, 0) is 42.5 Å². The van der Waals surface area contributed by atoms with Gasteiger partial charge in [0.2, 0.25) is 0 Å². The highest BCUT2D eigenvalue weighted by Crippen LogP contribution is 2.41. The number of halogens is 1. The molecule has 1 atom stereocenters. The molecule has 0 amide bonds. The summed E-state index contributed by atoms with van der Waals surface area (Å²) in [5, 5.41) is 0.550. The lowest BCUT2D eigenvalue weighted by Gasteiger charge is -2.20. The van der Waals surface area contributed by atoms with E-state index >= 15 is 0 Å². The minimum atomic E-state index is -3.68. The molecule has 0 bridgehead atoms. The summed E-state index contributed by atoms with van der Waals surface area (Å²) in [5.41, 5.74) is 1.37. The number of sulfonamides is 1. The van der Waals surface area contributed by atoms with Crippen molar-refractivity contribution in [2.75, 3.05) is 25.1 Å². The summed E-state index contributed by atoms with van der Waals surface area (Å²) >= 11 is 6.02. The van der Waals surface area contributed by atoms with Crippen molar-refractivity contribution in [3.8, 4) is 5.75 Å². The van der Waals surface area contributed by atoms with Crippen LogP contribution in [0.3, 0.4) is 0 Å². The van der Waals surface area contributed by atoms with E-state index in [9.17, 15) is 8.42 Å². The second-order valence-electron chi connectivity index (χ2n) is 5.14. The minimum absolute atomic E-state index is 0.205. The normalized spacial score (nSPS) is 17.2. The van der Waals surface area contributed by atoms with E-state index in [-0.39, 0.29) is 17.5 Å². The van der Waals surface area contributed by atoms with Crippen LogP contribution in [0, 0.1) is 0 Å². The first-order valence-corrected chi connectivity index (χ1v) is 8.78. The van der Waals surface area contributed by atoms with Crippen molar-refractivity contribution >= 4 is 27.3 Å². The van der Waals surface area contributed by atoms with Gasteiger partial charge in [-0.1, -0.05) is 11.6 Å². The molecule has 3 rings (SSSR count). The molecule has 0 radical (unpaired) electrons. The van der Waals surface area contributed by atoms with Crippen LogP contribution in [0.4, 0.5) is 5.69 Å². The molecule has 2 aromatic carbocycles. The third-order valence-corrected chi connectivity index (χ3v) is 5.90. The van der Waals surface area contributed by atoms with Gasteiger partial charge < -0.3 is 9.47 Å². The number of hydrogen-bond donors (Lipinski definition) is 0. The molecule has 122 valence electrons. The van der Waals surface area contributed by atoms with Crippen molar-refractivity contribution in [3.63, 3.8) is 0 Å². The highest BCUT2D eigenvalue weighted by Gasteiger charge is 2.36. The van der Waals surface area contributed by atoms with Crippen LogP contribution in [0.15, 0.2) is 47.4 Å². The first kappa shape index (κ1) is 16.1. The molecule has 1 heterocycles. The van der Waals surface area contributed by atoms with E-state index in [1.807, 2.05) is 0 Å². The first-order chi connectivity index (χ1) is 11.0. The maximum Gasteiger partial charge on any atom is 0.264 e. The quantitative estimate of drug-likeness (QED) is 0.846. The van der Waals surface area contributed by atoms with Crippen LogP contribution >= 0.6 is 11.6 Å². The van der Waals surface area contributed by atoms with Gasteiger partial charge in [0.1, 0.15) is 11.9 Å². The van der Waals surface area contributed by atoms with Gasteiger partial charge in [0.05, 0.1) is 24.2 Å². The van der Waals surface area contributed by atoms with Crippen LogP contribution < -0.4 is 9.04 Å². The van der Waals surface area contributed by atoms with Crippen molar-refractivity contribution in [1.82, 2.24) is 0 Å². The fourth-order valence-electron chi connectivity index (χ4n) is 2.66. The van der Waals surface area contributed by atoms with Gasteiger partial charge in [0.15, 0.2) is 0 Å². The molecule has 0 aliphatic carbocycles. The number of benzene rings is 2. The molecule has 0 N–H and O–H groups in total. The lowest BCUT2D eigenvalue weighted by Crippen LogP contribution is -2.30. The molecule has 1 aliphatic rings. The van der Waals surface area contributed by atoms with Gasteiger partial charge in [-0.25, -0.2) is 8.42 Å². The zero-order valence-corrected chi connectivity index (χ0v) is 14.3. The Hall–Kier alpha value is -1.76. The maximum absolute atomic E-state index is 12.9. The van der Waals surface area contributed by atoms with E-state index in [0.717, 1.165) is 5.56 Å². The largest absolute Gasteiger partial charge is 0.497 e. The van der Waals surface area contributed by atoms with Crippen molar-refractivity contribution in [3.05, 3.63) is 53.1 Å². The lowest BCUT2D eigenvalue weighted by molar-refractivity contribution is 0.118. The Balaban J connectivity index is 2.04. The SMILES string of the molecule is COc1ccc(S(=O)(=O)N2CC(OC)c3cc(Cl)ccc32)cc1. The average Bonchev–Trinajstić information content (AvgIpc) is 2.93.